The van der Waals surface area contributed by atoms with E-state index in [1.54, 1.807) is 0 Å². The molecule has 0 aromatic heterocycles. The highest BCUT2D eigenvalue weighted by Crippen LogP contribution is 2.45. The number of esters is 4. The highest BCUT2D eigenvalue weighted by molar-refractivity contribution is 7.47. The number of carbonyl (C=O) groups excluding carboxylic acids is 4. The zero-order chi connectivity index (χ0) is 75.3. The SMILES string of the molecule is CCC(C)CCCCCCCCC(=O)OC[C@H](COP(=O)(O)OC[C@H](O)COP(=O)(O)OC[C@@H](COC(=O)CCCCCCCCCCCCCCC(C)C)OC(=O)CCCCCCCCCCCCCCCCCCC(C)C)OC(=O)CCCCCCCCCCCCCCCCCC(C)C. The minimum Gasteiger partial charge on any atom is -0.462 e. The number of rotatable bonds is 80. The van der Waals surface area contributed by atoms with Crippen LogP contribution < -0.4 is 0 Å². The largest absolute Gasteiger partial charge is 0.472 e. The van der Waals surface area contributed by atoms with Crippen LogP contribution in [0.3, 0.4) is 0 Å². The Morgan fingerprint density at radius 2 is 0.471 bits per heavy atom. The van der Waals surface area contributed by atoms with Crippen molar-refractivity contribution in [1.29, 1.82) is 0 Å². The number of ether oxygens (including phenoxy) is 4. The first kappa shape index (κ1) is 100. The zero-order valence-electron chi connectivity index (χ0n) is 67.2. The quantitative estimate of drug-likeness (QED) is 0.0222. The summed E-state index contributed by atoms with van der Waals surface area (Å²) in [7, 11) is -9.93. The van der Waals surface area contributed by atoms with Gasteiger partial charge in [0.05, 0.1) is 26.4 Å². The van der Waals surface area contributed by atoms with Gasteiger partial charge in [-0.1, -0.05) is 376 Å². The number of phosphoric ester groups is 2. The van der Waals surface area contributed by atoms with Gasteiger partial charge in [-0.2, -0.15) is 0 Å². The molecule has 3 N–H and O–H groups in total. The third kappa shape index (κ3) is 74.9. The van der Waals surface area contributed by atoms with E-state index >= 15 is 0 Å². The summed E-state index contributed by atoms with van der Waals surface area (Å²) in [6, 6.07) is 0. The van der Waals surface area contributed by atoms with Gasteiger partial charge < -0.3 is 33.8 Å². The van der Waals surface area contributed by atoms with E-state index in [2.05, 4.69) is 55.4 Å². The lowest BCUT2D eigenvalue weighted by atomic mass is 10.00. The number of phosphoric acid groups is 2. The first-order valence-electron chi connectivity index (χ1n) is 42.7. The molecule has 17 nitrogen and oxygen atoms in total. The summed E-state index contributed by atoms with van der Waals surface area (Å²) in [6.07, 6.45) is 59.7. The van der Waals surface area contributed by atoms with Crippen molar-refractivity contribution in [3.8, 4) is 0 Å². The van der Waals surface area contributed by atoms with Gasteiger partial charge in [-0.15, -0.1) is 0 Å². The molecular weight excluding hydrogens is 1330 g/mol. The van der Waals surface area contributed by atoms with Crippen molar-refractivity contribution in [1.82, 2.24) is 0 Å². The fourth-order valence-electron chi connectivity index (χ4n) is 12.8. The molecule has 0 fully saturated rings. The van der Waals surface area contributed by atoms with Gasteiger partial charge in [-0.3, -0.25) is 37.3 Å². The average molecular weight is 1490 g/mol. The van der Waals surface area contributed by atoms with Crippen molar-refractivity contribution in [2.45, 2.75) is 446 Å². The third-order valence-corrected chi connectivity index (χ3v) is 21.6. The Bertz CT molecular complexity index is 1990. The van der Waals surface area contributed by atoms with E-state index in [1.165, 1.54) is 225 Å². The summed E-state index contributed by atoms with van der Waals surface area (Å²) in [5, 5.41) is 10.7. The first-order valence-corrected chi connectivity index (χ1v) is 45.7. The number of unbranched alkanes of at least 4 members (excludes halogenated alkanes) is 45. The Morgan fingerprint density at radius 3 is 0.696 bits per heavy atom. The summed E-state index contributed by atoms with van der Waals surface area (Å²) in [5.41, 5.74) is 0. The summed E-state index contributed by atoms with van der Waals surface area (Å²) in [5.74, 6) is 1.01. The Labute approximate surface area is 626 Å². The molecule has 0 saturated carbocycles. The second-order valence-electron chi connectivity index (χ2n) is 31.5. The minimum absolute atomic E-state index is 0.107. The molecule has 0 aromatic rings. The van der Waals surface area contributed by atoms with Crippen LogP contribution in [0.25, 0.3) is 0 Å². The molecule has 0 amide bonds. The maximum absolute atomic E-state index is 13.1. The van der Waals surface area contributed by atoms with E-state index in [4.69, 9.17) is 37.0 Å². The summed E-state index contributed by atoms with van der Waals surface area (Å²) in [6.45, 7) is 14.3. The standard InChI is InChI=1S/C83H162O17P2/c1-9-76(8)62-54-46-41-42-48-56-64-81(86)94-70-79(100-83(88)66-58-50-40-34-28-20-16-12-14-18-24-30-36-44-52-60-74(4)5)72-98-102(91,92)96-68-77(84)67-95-101(89,90)97-71-78(69-93-80(85)63-55-47-38-32-26-22-21-25-31-37-45-53-61-75(6)7)99-82(87)65-57-49-39-33-27-19-15-11-10-13-17-23-29-35-43-51-59-73(2)3/h73-79,84H,9-72H2,1-8H3,(H,89,90)(H,91,92)/t76?,77-,78-,79-/m1/s1. The topological polar surface area (TPSA) is 237 Å². The van der Waals surface area contributed by atoms with Gasteiger partial charge in [0.1, 0.15) is 19.3 Å². The average Bonchev–Trinajstić information content (AvgIpc) is 0.920. The molecule has 0 rings (SSSR count). The van der Waals surface area contributed by atoms with E-state index in [-0.39, 0.29) is 25.7 Å². The van der Waals surface area contributed by atoms with E-state index in [0.29, 0.717) is 25.7 Å². The molecule has 19 heteroatoms. The van der Waals surface area contributed by atoms with Crippen molar-refractivity contribution < 1.29 is 80.2 Å². The number of hydrogen-bond acceptors (Lipinski definition) is 15. The molecule has 0 bridgehead atoms. The van der Waals surface area contributed by atoms with Crippen LogP contribution in [0.1, 0.15) is 428 Å². The van der Waals surface area contributed by atoms with Gasteiger partial charge in [0.25, 0.3) is 0 Å². The van der Waals surface area contributed by atoms with Crippen molar-refractivity contribution >= 4 is 39.5 Å². The van der Waals surface area contributed by atoms with Crippen molar-refractivity contribution in [2.75, 3.05) is 39.6 Å². The molecule has 606 valence electrons. The minimum atomic E-state index is -4.96. The van der Waals surface area contributed by atoms with Crippen LogP contribution in [-0.4, -0.2) is 96.7 Å². The molecule has 0 aliphatic rings. The number of aliphatic hydroxyl groups excluding tert-OH is 1. The Morgan fingerprint density at radius 1 is 0.275 bits per heavy atom. The van der Waals surface area contributed by atoms with Crippen LogP contribution in [0.15, 0.2) is 0 Å². The fraction of sp³-hybridized carbons (Fsp3) is 0.952. The molecule has 0 heterocycles. The van der Waals surface area contributed by atoms with E-state index in [9.17, 15) is 43.2 Å². The lowest BCUT2D eigenvalue weighted by molar-refractivity contribution is -0.161. The zero-order valence-corrected chi connectivity index (χ0v) is 69.0. The second kappa shape index (κ2) is 72.0. The monoisotopic (exact) mass is 1490 g/mol. The van der Waals surface area contributed by atoms with E-state index < -0.39 is 97.5 Å². The smallest absolute Gasteiger partial charge is 0.462 e. The highest BCUT2D eigenvalue weighted by atomic mass is 31.2. The first-order chi connectivity index (χ1) is 49.1. The second-order valence-corrected chi connectivity index (χ2v) is 34.4. The van der Waals surface area contributed by atoms with Gasteiger partial charge in [-0.25, -0.2) is 9.13 Å². The van der Waals surface area contributed by atoms with Crippen LogP contribution in [0.2, 0.25) is 0 Å². The molecule has 0 saturated heterocycles. The van der Waals surface area contributed by atoms with Crippen molar-refractivity contribution in [3.05, 3.63) is 0 Å². The maximum atomic E-state index is 13.1. The van der Waals surface area contributed by atoms with Crippen molar-refractivity contribution in [2.24, 2.45) is 23.7 Å². The molecule has 0 aliphatic heterocycles. The highest BCUT2D eigenvalue weighted by Gasteiger charge is 2.30. The molecule has 6 atom stereocenters. The Balaban J connectivity index is 5.24. The molecule has 0 aliphatic carbocycles. The number of aliphatic hydroxyl groups is 1. The molecule has 0 radical (unpaired) electrons. The Hall–Kier alpha value is -1.94. The molecule has 0 aromatic carbocycles. The maximum Gasteiger partial charge on any atom is 0.472 e. The lowest BCUT2D eigenvalue weighted by Gasteiger charge is -2.21. The molecule has 3 unspecified atom stereocenters. The predicted molar refractivity (Wildman–Crippen MR) is 418 cm³/mol. The van der Waals surface area contributed by atoms with Crippen molar-refractivity contribution in [3.63, 3.8) is 0 Å². The van der Waals surface area contributed by atoms with Crippen LogP contribution >= 0.6 is 15.6 Å². The summed E-state index contributed by atoms with van der Waals surface area (Å²) >= 11 is 0. The number of carbonyl (C=O) groups is 4. The van der Waals surface area contributed by atoms with Gasteiger partial charge in [-0.05, 0) is 49.4 Å². The fourth-order valence-corrected chi connectivity index (χ4v) is 14.3. The third-order valence-electron chi connectivity index (χ3n) is 19.7. The van der Waals surface area contributed by atoms with Gasteiger partial charge in [0.2, 0.25) is 0 Å². The molecular formula is C83H162O17P2. The normalized spacial score (nSPS) is 14.3. The van der Waals surface area contributed by atoms with Gasteiger partial charge in [0, 0.05) is 25.7 Å². The lowest BCUT2D eigenvalue weighted by Crippen LogP contribution is -2.30. The van der Waals surface area contributed by atoms with Crippen LogP contribution in [0.5, 0.6) is 0 Å². The summed E-state index contributed by atoms with van der Waals surface area (Å²) in [4.78, 5) is 73.1. The van der Waals surface area contributed by atoms with Crippen LogP contribution in [-0.2, 0) is 65.4 Å². The van der Waals surface area contributed by atoms with Gasteiger partial charge in [0.15, 0.2) is 12.2 Å². The molecule has 102 heavy (non-hydrogen) atoms. The van der Waals surface area contributed by atoms with Gasteiger partial charge >= 0.3 is 39.5 Å². The predicted octanol–water partition coefficient (Wildman–Crippen LogP) is 24.8. The van der Waals surface area contributed by atoms with Crippen LogP contribution in [0, 0.1) is 23.7 Å². The molecule has 0 spiro atoms. The van der Waals surface area contributed by atoms with E-state index in [1.807, 2.05) is 0 Å². The number of hydrogen-bond donors (Lipinski definition) is 3. The summed E-state index contributed by atoms with van der Waals surface area (Å²) < 4.78 is 68.8. The Kier molecular flexibility index (Phi) is 70.6. The van der Waals surface area contributed by atoms with Crippen LogP contribution in [0.4, 0.5) is 0 Å². The van der Waals surface area contributed by atoms with E-state index in [0.717, 1.165) is 120 Å².